The number of hydrogen-bond acceptors (Lipinski definition) is 5. The van der Waals surface area contributed by atoms with Crippen molar-refractivity contribution in [2.24, 2.45) is 0 Å². The molecule has 0 saturated carbocycles. The Bertz CT molecular complexity index is 851. The second-order valence-corrected chi connectivity index (χ2v) is 7.96. The molecule has 0 unspecified atom stereocenters. The molecule has 0 amide bonds. The fraction of sp³-hybridized carbons (Fsp3) is 0.286. The maximum Gasteiger partial charge on any atom is 0.180 e. The highest BCUT2D eigenvalue weighted by Crippen LogP contribution is 2.26. The van der Waals surface area contributed by atoms with Crippen molar-refractivity contribution < 1.29 is 9.47 Å². The maximum atomic E-state index is 5.79. The number of anilines is 1. The van der Waals surface area contributed by atoms with E-state index in [0.29, 0.717) is 18.3 Å². The Morgan fingerprint density at radius 1 is 0.962 bits per heavy atom. The SMILES string of the molecule is CC(C)(C)c1ccc(OCCOc2cccc(-c3csc(N)n3)c2)cc1. The van der Waals surface area contributed by atoms with Crippen molar-refractivity contribution in [2.45, 2.75) is 26.2 Å². The van der Waals surface area contributed by atoms with E-state index in [9.17, 15) is 0 Å². The molecule has 3 aromatic rings. The minimum absolute atomic E-state index is 0.147. The van der Waals surface area contributed by atoms with Crippen LogP contribution in [0.4, 0.5) is 5.13 Å². The Morgan fingerprint density at radius 3 is 2.27 bits per heavy atom. The lowest BCUT2D eigenvalue weighted by molar-refractivity contribution is 0.217. The molecule has 0 aliphatic heterocycles. The molecule has 0 fully saturated rings. The third-order valence-electron chi connectivity index (χ3n) is 3.99. The summed E-state index contributed by atoms with van der Waals surface area (Å²) in [7, 11) is 0. The second kappa shape index (κ2) is 7.79. The minimum Gasteiger partial charge on any atom is -0.490 e. The summed E-state index contributed by atoms with van der Waals surface area (Å²) >= 11 is 1.43. The van der Waals surface area contributed by atoms with Crippen LogP contribution in [0.2, 0.25) is 0 Å². The van der Waals surface area contributed by atoms with E-state index in [-0.39, 0.29) is 5.41 Å². The lowest BCUT2D eigenvalue weighted by Crippen LogP contribution is -2.11. The summed E-state index contributed by atoms with van der Waals surface area (Å²) in [5, 5.41) is 2.51. The Hall–Kier alpha value is -2.53. The normalized spacial score (nSPS) is 11.3. The van der Waals surface area contributed by atoms with Crippen LogP contribution < -0.4 is 15.2 Å². The van der Waals surface area contributed by atoms with Crippen molar-refractivity contribution in [3.05, 3.63) is 59.5 Å². The lowest BCUT2D eigenvalue weighted by Gasteiger charge is -2.19. The Labute approximate surface area is 158 Å². The molecule has 0 saturated heterocycles. The van der Waals surface area contributed by atoms with Gasteiger partial charge in [0.2, 0.25) is 0 Å². The number of hydrogen-bond donors (Lipinski definition) is 1. The average molecular weight is 369 g/mol. The zero-order chi connectivity index (χ0) is 18.6. The highest BCUT2D eigenvalue weighted by Gasteiger charge is 2.12. The molecule has 1 aromatic heterocycles. The van der Waals surface area contributed by atoms with Crippen LogP contribution in [-0.2, 0) is 5.41 Å². The van der Waals surface area contributed by atoms with Gasteiger partial charge >= 0.3 is 0 Å². The number of ether oxygens (including phenoxy) is 2. The Balaban J connectivity index is 1.51. The summed E-state index contributed by atoms with van der Waals surface area (Å²) in [6.07, 6.45) is 0. The van der Waals surface area contributed by atoms with Gasteiger partial charge in [0, 0.05) is 10.9 Å². The van der Waals surface area contributed by atoms with Crippen molar-refractivity contribution in [1.29, 1.82) is 0 Å². The fourth-order valence-corrected chi connectivity index (χ4v) is 3.11. The molecule has 0 aliphatic rings. The summed E-state index contributed by atoms with van der Waals surface area (Å²) in [5.74, 6) is 1.65. The quantitative estimate of drug-likeness (QED) is 0.612. The van der Waals surface area contributed by atoms with E-state index in [1.54, 1.807) is 0 Å². The fourth-order valence-electron chi connectivity index (χ4n) is 2.54. The number of benzene rings is 2. The molecule has 136 valence electrons. The highest BCUT2D eigenvalue weighted by molar-refractivity contribution is 7.13. The van der Waals surface area contributed by atoms with E-state index in [1.807, 2.05) is 41.8 Å². The molecular formula is C21H24N2O2S. The number of aromatic nitrogens is 1. The smallest absolute Gasteiger partial charge is 0.180 e. The Morgan fingerprint density at radius 2 is 1.65 bits per heavy atom. The van der Waals surface area contributed by atoms with Gasteiger partial charge in [-0.05, 0) is 35.2 Å². The van der Waals surface area contributed by atoms with E-state index >= 15 is 0 Å². The maximum absolute atomic E-state index is 5.79. The van der Waals surface area contributed by atoms with Crippen LogP contribution in [0.25, 0.3) is 11.3 Å². The first-order valence-corrected chi connectivity index (χ1v) is 9.47. The van der Waals surface area contributed by atoms with Crippen molar-refractivity contribution in [2.75, 3.05) is 18.9 Å². The third-order valence-corrected chi connectivity index (χ3v) is 4.67. The van der Waals surface area contributed by atoms with E-state index in [2.05, 4.69) is 37.9 Å². The van der Waals surface area contributed by atoms with E-state index < -0.39 is 0 Å². The van der Waals surface area contributed by atoms with E-state index in [4.69, 9.17) is 15.2 Å². The standard InChI is InChI=1S/C21H24N2O2S/c1-21(2,3)16-7-9-17(10-8-16)24-11-12-25-18-6-4-5-15(13-18)19-14-26-20(22)23-19/h4-10,13-14H,11-12H2,1-3H3,(H2,22,23). The first kappa shape index (κ1) is 18.3. The first-order valence-electron chi connectivity index (χ1n) is 8.59. The molecule has 0 spiro atoms. The van der Waals surface area contributed by atoms with Crippen LogP contribution in [0.15, 0.2) is 53.9 Å². The van der Waals surface area contributed by atoms with E-state index in [1.165, 1.54) is 16.9 Å². The van der Waals surface area contributed by atoms with Gasteiger partial charge in [0.1, 0.15) is 24.7 Å². The summed E-state index contributed by atoms with van der Waals surface area (Å²) in [4.78, 5) is 4.30. The molecule has 4 nitrogen and oxygen atoms in total. The molecule has 5 heteroatoms. The molecule has 0 radical (unpaired) electrons. The Kier molecular flexibility index (Phi) is 5.47. The predicted octanol–water partition coefficient (Wildman–Crippen LogP) is 5.15. The van der Waals surface area contributed by atoms with Crippen molar-refractivity contribution in [1.82, 2.24) is 4.98 Å². The van der Waals surface area contributed by atoms with Gasteiger partial charge in [0.15, 0.2) is 5.13 Å². The van der Waals surface area contributed by atoms with Gasteiger partial charge in [0.05, 0.1) is 5.69 Å². The van der Waals surface area contributed by atoms with E-state index in [0.717, 1.165) is 22.8 Å². The minimum atomic E-state index is 0.147. The van der Waals surface area contributed by atoms with Crippen LogP contribution in [0.1, 0.15) is 26.3 Å². The predicted molar refractivity (Wildman–Crippen MR) is 108 cm³/mol. The largest absolute Gasteiger partial charge is 0.490 e. The molecule has 1 heterocycles. The summed E-state index contributed by atoms with van der Waals surface area (Å²) < 4.78 is 11.6. The summed E-state index contributed by atoms with van der Waals surface area (Å²) in [5.41, 5.74) is 9.00. The molecule has 0 bridgehead atoms. The van der Waals surface area contributed by atoms with Gasteiger partial charge < -0.3 is 15.2 Å². The second-order valence-electron chi connectivity index (χ2n) is 7.07. The molecule has 26 heavy (non-hydrogen) atoms. The van der Waals surface area contributed by atoms with Crippen LogP contribution >= 0.6 is 11.3 Å². The molecule has 2 aromatic carbocycles. The number of nitrogens with two attached hydrogens (primary N) is 1. The molecular weight excluding hydrogens is 344 g/mol. The zero-order valence-corrected chi connectivity index (χ0v) is 16.2. The topological polar surface area (TPSA) is 57.4 Å². The lowest BCUT2D eigenvalue weighted by atomic mass is 9.87. The van der Waals surface area contributed by atoms with Crippen LogP contribution in [0.5, 0.6) is 11.5 Å². The van der Waals surface area contributed by atoms with Gasteiger partial charge in [-0.25, -0.2) is 4.98 Å². The molecule has 3 rings (SSSR count). The number of nitrogen functional groups attached to an aromatic ring is 1. The van der Waals surface area contributed by atoms with Gasteiger partial charge in [-0.3, -0.25) is 0 Å². The van der Waals surface area contributed by atoms with Crippen LogP contribution in [-0.4, -0.2) is 18.2 Å². The van der Waals surface area contributed by atoms with Crippen LogP contribution in [0.3, 0.4) is 0 Å². The third kappa shape index (κ3) is 4.76. The molecule has 0 atom stereocenters. The monoisotopic (exact) mass is 368 g/mol. The highest BCUT2D eigenvalue weighted by atomic mass is 32.1. The number of nitrogens with zero attached hydrogens (tertiary/aromatic N) is 1. The molecule has 0 aliphatic carbocycles. The first-order chi connectivity index (χ1) is 12.4. The van der Waals surface area contributed by atoms with Gasteiger partial charge in [-0.1, -0.05) is 45.0 Å². The van der Waals surface area contributed by atoms with Crippen molar-refractivity contribution in [3.63, 3.8) is 0 Å². The van der Waals surface area contributed by atoms with Crippen molar-refractivity contribution >= 4 is 16.5 Å². The van der Waals surface area contributed by atoms with Crippen LogP contribution in [0, 0.1) is 0 Å². The number of thiazole rings is 1. The number of rotatable bonds is 6. The van der Waals surface area contributed by atoms with Crippen molar-refractivity contribution in [3.8, 4) is 22.8 Å². The molecule has 2 N–H and O–H groups in total. The summed E-state index contributed by atoms with van der Waals surface area (Å²) in [6.45, 7) is 7.56. The zero-order valence-electron chi connectivity index (χ0n) is 15.4. The van der Waals surface area contributed by atoms with Gasteiger partial charge in [-0.2, -0.15) is 0 Å². The van der Waals surface area contributed by atoms with Gasteiger partial charge in [-0.15, -0.1) is 11.3 Å². The average Bonchev–Trinajstić information content (AvgIpc) is 3.05. The van der Waals surface area contributed by atoms with Gasteiger partial charge in [0.25, 0.3) is 0 Å². The summed E-state index contributed by atoms with van der Waals surface area (Å²) in [6, 6.07) is 16.1.